The van der Waals surface area contributed by atoms with Crippen molar-refractivity contribution in [3.63, 3.8) is 0 Å². The van der Waals surface area contributed by atoms with Crippen molar-refractivity contribution < 1.29 is 29.5 Å². The molecule has 1 rings (SSSR count). The highest BCUT2D eigenvalue weighted by Crippen LogP contribution is 2.21. The Morgan fingerprint density at radius 2 is 1.77 bits per heavy atom. The quantitative estimate of drug-likeness (QED) is 0.484. The Hall–Kier alpha value is -0.240. The second-order valence-electron chi connectivity index (χ2n) is 3.06. The van der Waals surface area contributed by atoms with Crippen LogP contribution in [0.3, 0.4) is 0 Å². The van der Waals surface area contributed by atoms with Gasteiger partial charge < -0.3 is 29.5 Å². The van der Waals surface area contributed by atoms with Gasteiger partial charge in [0, 0.05) is 7.11 Å². The second kappa shape index (κ2) is 3.87. The minimum absolute atomic E-state index is 0.0471. The number of ether oxygens (including phenoxy) is 3. The van der Waals surface area contributed by atoms with Gasteiger partial charge in [0.15, 0.2) is 0 Å². The zero-order valence-corrected chi connectivity index (χ0v) is 7.39. The van der Waals surface area contributed by atoms with Crippen LogP contribution in [0.4, 0.5) is 0 Å². The molecule has 0 saturated carbocycles. The monoisotopic (exact) mass is 194 g/mol. The molecule has 1 aliphatic heterocycles. The summed E-state index contributed by atoms with van der Waals surface area (Å²) in [5, 5.41) is 27.5. The van der Waals surface area contributed by atoms with Gasteiger partial charge in [-0.1, -0.05) is 0 Å². The van der Waals surface area contributed by atoms with Crippen molar-refractivity contribution in [2.75, 3.05) is 33.5 Å². The Labute approximate surface area is 75.6 Å². The van der Waals surface area contributed by atoms with E-state index < -0.39 is 18.2 Å². The summed E-state index contributed by atoms with van der Waals surface area (Å²) in [5.74, 6) is -3.24. The van der Waals surface area contributed by atoms with E-state index in [0.29, 0.717) is 0 Å². The van der Waals surface area contributed by atoms with Gasteiger partial charge in [0.25, 0.3) is 0 Å². The maximum absolute atomic E-state index is 9.53. The number of hydrogen-bond acceptors (Lipinski definition) is 6. The van der Waals surface area contributed by atoms with Crippen LogP contribution in [-0.2, 0) is 14.2 Å². The van der Waals surface area contributed by atoms with Gasteiger partial charge in [-0.25, -0.2) is 0 Å². The van der Waals surface area contributed by atoms with E-state index in [1.54, 1.807) is 0 Å². The number of hydrogen-bond donors (Lipinski definition) is 3. The van der Waals surface area contributed by atoms with Crippen LogP contribution in [0.25, 0.3) is 0 Å². The molecule has 0 aliphatic carbocycles. The van der Waals surface area contributed by atoms with Gasteiger partial charge in [0.05, 0.1) is 6.61 Å². The summed E-state index contributed by atoms with van der Waals surface area (Å²) in [6.07, 6.45) is 0. The van der Waals surface area contributed by atoms with Crippen molar-refractivity contribution in [3.05, 3.63) is 0 Å². The molecule has 13 heavy (non-hydrogen) atoms. The highest BCUT2D eigenvalue weighted by atomic mass is 16.7. The molecule has 0 aromatic rings. The zero-order valence-electron chi connectivity index (χ0n) is 7.39. The molecule has 0 aromatic heterocycles. The largest absolute Gasteiger partial charge is 0.391 e. The molecule has 0 amide bonds. The molecule has 0 radical (unpaired) electrons. The molecule has 6 nitrogen and oxygen atoms in total. The third kappa shape index (κ3) is 2.60. The summed E-state index contributed by atoms with van der Waals surface area (Å²) >= 11 is 0. The van der Waals surface area contributed by atoms with Crippen molar-refractivity contribution in [3.8, 4) is 0 Å². The van der Waals surface area contributed by atoms with Crippen LogP contribution in [0, 0.1) is 0 Å². The Balaban J connectivity index is 2.46. The van der Waals surface area contributed by atoms with E-state index in [0.717, 1.165) is 0 Å². The molecule has 0 spiro atoms. The molecule has 6 heteroatoms. The Morgan fingerprint density at radius 3 is 2.15 bits per heavy atom. The van der Waals surface area contributed by atoms with Gasteiger partial charge in [0.1, 0.15) is 19.8 Å². The first-order valence-corrected chi connectivity index (χ1v) is 3.86. The first-order chi connectivity index (χ1) is 6.04. The predicted molar refractivity (Wildman–Crippen MR) is 40.8 cm³/mol. The normalized spacial score (nSPS) is 40.6. The third-order valence-corrected chi connectivity index (χ3v) is 1.75. The highest BCUT2D eigenvalue weighted by Gasteiger charge is 2.42. The van der Waals surface area contributed by atoms with Crippen molar-refractivity contribution in [1.82, 2.24) is 0 Å². The maximum Gasteiger partial charge on any atom is 0.213 e. The van der Waals surface area contributed by atoms with Crippen molar-refractivity contribution in [2.24, 2.45) is 0 Å². The molecular formula is C7H14O6. The zero-order chi connectivity index (χ0) is 9.95. The molecule has 3 N–H and O–H groups in total. The first kappa shape index (κ1) is 10.8. The van der Waals surface area contributed by atoms with Gasteiger partial charge in [-0.3, -0.25) is 0 Å². The Bertz CT molecular complexity index is 162. The summed E-state index contributed by atoms with van der Waals surface area (Å²) in [6, 6.07) is 0. The third-order valence-electron chi connectivity index (χ3n) is 1.75. The second-order valence-corrected chi connectivity index (χ2v) is 3.06. The molecular weight excluding hydrogens is 180 g/mol. The SMILES string of the molecule is COCC1(O)COC(O)(CO)CO1. The van der Waals surface area contributed by atoms with E-state index in [2.05, 4.69) is 4.74 Å². The maximum atomic E-state index is 9.53. The Kier molecular flexibility index (Phi) is 3.23. The average molecular weight is 194 g/mol. The van der Waals surface area contributed by atoms with Crippen molar-refractivity contribution >= 4 is 0 Å². The number of rotatable bonds is 3. The summed E-state index contributed by atoms with van der Waals surface area (Å²) in [5.41, 5.74) is 0. The molecule has 2 atom stereocenters. The number of aliphatic hydroxyl groups excluding tert-OH is 1. The molecule has 1 saturated heterocycles. The van der Waals surface area contributed by atoms with Crippen LogP contribution in [0.5, 0.6) is 0 Å². The molecule has 1 fully saturated rings. The predicted octanol–water partition coefficient (Wildman–Crippen LogP) is -1.95. The van der Waals surface area contributed by atoms with Gasteiger partial charge >= 0.3 is 0 Å². The smallest absolute Gasteiger partial charge is 0.213 e. The van der Waals surface area contributed by atoms with Gasteiger partial charge in [-0.05, 0) is 0 Å². The Morgan fingerprint density at radius 1 is 1.23 bits per heavy atom. The number of methoxy groups -OCH3 is 1. The van der Waals surface area contributed by atoms with E-state index in [-0.39, 0.29) is 19.8 Å². The molecule has 78 valence electrons. The minimum atomic E-state index is -1.71. The highest BCUT2D eigenvalue weighted by molar-refractivity contribution is 4.77. The van der Waals surface area contributed by atoms with E-state index in [1.807, 2.05) is 0 Å². The number of aliphatic hydroxyl groups is 3. The fourth-order valence-electron chi connectivity index (χ4n) is 0.978. The van der Waals surface area contributed by atoms with Gasteiger partial charge in [-0.2, -0.15) is 0 Å². The van der Waals surface area contributed by atoms with Gasteiger partial charge in [-0.15, -0.1) is 0 Å². The fraction of sp³-hybridized carbons (Fsp3) is 1.00. The molecule has 1 aliphatic rings. The lowest BCUT2D eigenvalue weighted by Gasteiger charge is -2.39. The standard InChI is InChI=1S/C7H14O6/c1-11-3-7(10)5-12-6(9,2-8)4-13-7/h8-10H,2-5H2,1H3. The summed E-state index contributed by atoms with van der Waals surface area (Å²) in [4.78, 5) is 0. The van der Waals surface area contributed by atoms with E-state index in [4.69, 9.17) is 14.6 Å². The van der Waals surface area contributed by atoms with E-state index in [9.17, 15) is 10.2 Å². The van der Waals surface area contributed by atoms with Crippen molar-refractivity contribution in [1.29, 1.82) is 0 Å². The average Bonchev–Trinajstić information content (AvgIpc) is 2.12. The van der Waals surface area contributed by atoms with Crippen LogP contribution in [-0.4, -0.2) is 60.4 Å². The summed E-state index contributed by atoms with van der Waals surface area (Å²) in [7, 11) is 1.41. The van der Waals surface area contributed by atoms with Crippen LogP contribution >= 0.6 is 0 Å². The molecule has 2 unspecified atom stereocenters. The molecule has 0 aromatic carbocycles. The van der Waals surface area contributed by atoms with Crippen LogP contribution in [0.15, 0.2) is 0 Å². The van der Waals surface area contributed by atoms with E-state index >= 15 is 0 Å². The molecule has 1 heterocycles. The lowest BCUT2D eigenvalue weighted by molar-refractivity contribution is -0.378. The van der Waals surface area contributed by atoms with Crippen LogP contribution in [0.1, 0.15) is 0 Å². The lowest BCUT2D eigenvalue weighted by Crippen LogP contribution is -2.57. The van der Waals surface area contributed by atoms with Crippen molar-refractivity contribution in [2.45, 2.75) is 11.6 Å². The van der Waals surface area contributed by atoms with Gasteiger partial charge in [0.2, 0.25) is 11.6 Å². The fourth-order valence-corrected chi connectivity index (χ4v) is 0.978. The van der Waals surface area contributed by atoms with Crippen LogP contribution in [0.2, 0.25) is 0 Å². The molecule has 0 bridgehead atoms. The first-order valence-electron chi connectivity index (χ1n) is 3.86. The topological polar surface area (TPSA) is 88.4 Å². The van der Waals surface area contributed by atoms with E-state index in [1.165, 1.54) is 7.11 Å². The lowest BCUT2D eigenvalue weighted by atomic mass is 10.2. The summed E-state index contributed by atoms with van der Waals surface area (Å²) < 4.78 is 14.4. The van der Waals surface area contributed by atoms with Crippen LogP contribution < -0.4 is 0 Å². The minimum Gasteiger partial charge on any atom is -0.391 e. The summed E-state index contributed by atoms with van der Waals surface area (Å²) in [6.45, 7) is -1.15.